The predicted octanol–water partition coefficient (Wildman–Crippen LogP) is 3.84. The number of hydrogen-bond donors (Lipinski definition) is 1. The summed E-state index contributed by atoms with van der Waals surface area (Å²) in [5.74, 6) is 0. The van der Waals surface area contributed by atoms with Crippen LogP contribution in [-0.4, -0.2) is 24.2 Å². The van der Waals surface area contributed by atoms with E-state index in [0.29, 0.717) is 12.1 Å². The van der Waals surface area contributed by atoms with E-state index in [2.05, 4.69) is 41.5 Å². The number of aromatic nitrogens is 1. The highest BCUT2D eigenvalue weighted by atomic mass is 16.5. The fraction of sp³-hybridized carbons (Fsp3) is 0.500. The molecule has 3 heteroatoms. The van der Waals surface area contributed by atoms with Gasteiger partial charge in [0.1, 0.15) is 0 Å². The van der Waals surface area contributed by atoms with E-state index in [1.165, 1.54) is 23.8 Å². The van der Waals surface area contributed by atoms with Gasteiger partial charge in [0.05, 0.1) is 11.6 Å². The fourth-order valence-corrected chi connectivity index (χ4v) is 3.16. The van der Waals surface area contributed by atoms with E-state index in [0.717, 1.165) is 31.5 Å². The average molecular weight is 284 g/mol. The first-order valence-electron chi connectivity index (χ1n) is 8.06. The Bertz CT molecular complexity index is 578. The number of fused-ring (bicyclic) bond motifs is 1. The molecule has 2 heterocycles. The maximum absolute atomic E-state index is 5.75. The second-order valence-corrected chi connectivity index (χ2v) is 5.78. The van der Waals surface area contributed by atoms with E-state index >= 15 is 0 Å². The van der Waals surface area contributed by atoms with Gasteiger partial charge < -0.3 is 10.1 Å². The van der Waals surface area contributed by atoms with Crippen molar-refractivity contribution in [1.29, 1.82) is 0 Å². The van der Waals surface area contributed by atoms with Crippen molar-refractivity contribution < 1.29 is 4.74 Å². The lowest BCUT2D eigenvalue weighted by Gasteiger charge is -2.20. The zero-order chi connectivity index (χ0) is 14.5. The molecule has 21 heavy (non-hydrogen) atoms. The Balaban J connectivity index is 1.74. The molecule has 112 valence electrons. The van der Waals surface area contributed by atoms with Crippen LogP contribution < -0.4 is 5.32 Å². The first kappa shape index (κ1) is 14.5. The van der Waals surface area contributed by atoms with Crippen LogP contribution in [0, 0.1) is 0 Å². The van der Waals surface area contributed by atoms with Crippen LogP contribution >= 0.6 is 0 Å². The van der Waals surface area contributed by atoms with Gasteiger partial charge in [0, 0.05) is 24.2 Å². The summed E-state index contributed by atoms with van der Waals surface area (Å²) in [7, 11) is 0. The van der Waals surface area contributed by atoms with E-state index in [9.17, 15) is 0 Å². The summed E-state index contributed by atoms with van der Waals surface area (Å²) in [6, 6.07) is 11.1. The monoisotopic (exact) mass is 284 g/mol. The van der Waals surface area contributed by atoms with Gasteiger partial charge in [-0.1, -0.05) is 25.1 Å². The molecular weight excluding hydrogens is 260 g/mol. The van der Waals surface area contributed by atoms with Crippen molar-refractivity contribution in [3.05, 3.63) is 42.1 Å². The van der Waals surface area contributed by atoms with E-state index in [1.807, 2.05) is 12.3 Å². The molecule has 3 nitrogen and oxygen atoms in total. The summed E-state index contributed by atoms with van der Waals surface area (Å²) >= 11 is 0. The second-order valence-electron chi connectivity index (χ2n) is 5.78. The van der Waals surface area contributed by atoms with Crippen molar-refractivity contribution in [1.82, 2.24) is 10.3 Å². The SMILES string of the molecule is CCNC(CCC1CCCO1)c1ccc2cccnc2c1. The minimum absolute atomic E-state index is 0.394. The van der Waals surface area contributed by atoms with Gasteiger partial charge in [-0.3, -0.25) is 4.98 Å². The molecule has 1 saturated heterocycles. The summed E-state index contributed by atoms with van der Waals surface area (Å²) in [6.45, 7) is 4.09. The minimum atomic E-state index is 0.394. The molecule has 2 aromatic rings. The topological polar surface area (TPSA) is 34.1 Å². The summed E-state index contributed by atoms with van der Waals surface area (Å²) in [5, 5.41) is 4.81. The molecule has 0 saturated carbocycles. The first-order valence-corrected chi connectivity index (χ1v) is 8.06. The van der Waals surface area contributed by atoms with Gasteiger partial charge in [-0.25, -0.2) is 0 Å². The van der Waals surface area contributed by atoms with Crippen LogP contribution in [0.4, 0.5) is 0 Å². The number of benzene rings is 1. The molecule has 1 N–H and O–H groups in total. The van der Waals surface area contributed by atoms with Gasteiger partial charge in [0.25, 0.3) is 0 Å². The van der Waals surface area contributed by atoms with Gasteiger partial charge in [-0.05, 0) is 49.9 Å². The van der Waals surface area contributed by atoms with E-state index < -0.39 is 0 Å². The predicted molar refractivity (Wildman–Crippen MR) is 86.4 cm³/mol. The van der Waals surface area contributed by atoms with Gasteiger partial charge in [0.2, 0.25) is 0 Å². The number of nitrogens with zero attached hydrogens (tertiary/aromatic N) is 1. The van der Waals surface area contributed by atoms with Crippen LogP contribution in [0.15, 0.2) is 36.5 Å². The third-order valence-electron chi connectivity index (χ3n) is 4.28. The van der Waals surface area contributed by atoms with Crippen molar-refractivity contribution in [2.24, 2.45) is 0 Å². The van der Waals surface area contributed by atoms with E-state index in [-0.39, 0.29) is 0 Å². The molecule has 1 aliphatic heterocycles. The molecule has 0 aliphatic carbocycles. The van der Waals surface area contributed by atoms with Gasteiger partial charge in [-0.15, -0.1) is 0 Å². The van der Waals surface area contributed by atoms with Crippen LogP contribution in [0.25, 0.3) is 10.9 Å². The molecule has 1 aromatic heterocycles. The maximum Gasteiger partial charge on any atom is 0.0705 e. The van der Waals surface area contributed by atoms with Crippen molar-refractivity contribution in [2.45, 2.75) is 44.8 Å². The molecule has 0 bridgehead atoms. The third-order valence-corrected chi connectivity index (χ3v) is 4.28. The zero-order valence-corrected chi connectivity index (χ0v) is 12.7. The van der Waals surface area contributed by atoms with Crippen molar-refractivity contribution in [3.63, 3.8) is 0 Å². The van der Waals surface area contributed by atoms with E-state index in [4.69, 9.17) is 4.74 Å². The van der Waals surface area contributed by atoms with Crippen molar-refractivity contribution in [2.75, 3.05) is 13.2 Å². The average Bonchev–Trinajstić information content (AvgIpc) is 3.04. The molecule has 3 rings (SSSR count). The van der Waals surface area contributed by atoms with Crippen LogP contribution in [0.5, 0.6) is 0 Å². The summed E-state index contributed by atoms with van der Waals surface area (Å²) < 4.78 is 5.75. The van der Waals surface area contributed by atoms with E-state index in [1.54, 1.807) is 0 Å². The molecular formula is C18H24N2O. The standard InChI is InChI=1S/C18H24N2O/c1-2-19-17(10-9-16-6-4-12-21-16)15-8-7-14-5-3-11-20-18(14)13-15/h3,5,7-8,11,13,16-17,19H,2,4,6,9-10,12H2,1H3. The second kappa shape index (κ2) is 7.01. The number of hydrogen-bond acceptors (Lipinski definition) is 3. The van der Waals surface area contributed by atoms with Gasteiger partial charge >= 0.3 is 0 Å². The van der Waals surface area contributed by atoms with Crippen LogP contribution in [0.1, 0.15) is 44.2 Å². The lowest BCUT2D eigenvalue weighted by Crippen LogP contribution is -2.22. The largest absolute Gasteiger partial charge is 0.378 e. The Morgan fingerprint density at radius 3 is 3.14 bits per heavy atom. The molecule has 2 unspecified atom stereocenters. The minimum Gasteiger partial charge on any atom is -0.378 e. The lowest BCUT2D eigenvalue weighted by molar-refractivity contribution is 0.0996. The third kappa shape index (κ3) is 3.60. The highest BCUT2D eigenvalue weighted by molar-refractivity contribution is 5.78. The molecule has 1 aromatic carbocycles. The fourth-order valence-electron chi connectivity index (χ4n) is 3.16. The van der Waals surface area contributed by atoms with Gasteiger partial charge in [0.15, 0.2) is 0 Å². The van der Waals surface area contributed by atoms with Crippen LogP contribution in [0.2, 0.25) is 0 Å². The van der Waals surface area contributed by atoms with Gasteiger partial charge in [-0.2, -0.15) is 0 Å². The summed E-state index contributed by atoms with van der Waals surface area (Å²) in [5.41, 5.74) is 2.41. The first-order chi connectivity index (χ1) is 10.4. The Morgan fingerprint density at radius 1 is 1.38 bits per heavy atom. The lowest BCUT2D eigenvalue weighted by atomic mass is 9.98. The molecule has 1 fully saturated rings. The zero-order valence-electron chi connectivity index (χ0n) is 12.7. The smallest absolute Gasteiger partial charge is 0.0705 e. The number of rotatable bonds is 6. The number of nitrogens with one attached hydrogen (secondary N) is 1. The highest BCUT2D eigenvalue weighted by Gasteiger charge is 2.18. The quantitative estimate of drug-likeness (QED) is 0.875. The van der Waals surface area contributed by atoms with Crippen LogP contribution in [-0.2, 0) is 4.74 Å². The Labute approximate surface area is 126 Å². The molecule has 2 atom stereocenters. The Kier molecular flexibility index (Phi) is 4.84. The highest BCUT2D eigenvalue weighted by Crippen LogP contribution is 2.26. The van der Waals surface area contributed by atoms with Crippen molar-refractivity contribution >= 4 is 10.9 Å². The number of ether oxygens (including phenoxy) is 1. The van der Waals surface area contributed by atoms with Crippen LogP contribution in [0.3, 0.4) is 0 Å². The molecule has 0 radical (unpaired) electrons. The molecule has 1 aliphatic rings. The number of pyridine rings is 1. The maximum atomic E-state index is 5.75. The van der Waals surface area contributed by atoms with Crippen molar-refractivity contribution in [3.8, 4) is 0 Å². The summed E-state index contributed by atoms with van der Waals surface area (Å²) in [4.78, 5) is 4.47. The molecule has 0 spiro atoms. The summed E-state index contributed by atoms with van der Waals surface area (Å²) in [6.07, 6.45) is 7.02. The molecule has 0 amide bonds. The Morgan fingerprint density at radius 2 is 2.33 bits per heavy atom. The normalized spacial score (nSPS) is 20.0. The Hall–Kier alpha value is -1.45.